The van der Waals surface area contributed by atoms with Gasteiger partial charge < -0.3 is 75.3 Å². The van der Waals surface area contributed by atoms with Crippen LogP contribution in [0.4, 0.5) is 0 Å². The predicted octanol–water partition coefficient (Wildman–Crippen LogP) is -2.35. The van der Waals surface area contributed by atoms with E-state index in [0.29, 0.717) is 32.2 Å². The Balaban J connectivity index is -0.000000574. The van der Waals surface area contributed by atoms with E-state index in [1.165, 1.54) is 0 Å². The molecular formula is C28H51N9O11S2. The molecule has 0 aliphatic rings. The van der Waals surface area contributed by atoms with Crippen molar-refractivity contribution in [3.8, 4) is 0 Å². The zero-order chi connectivity index (χ0) is 39.4. The minimum atomic E-state index is -1.18. The van der Waals surface area contributed by atoms with Crippen molar-refractivity contribution in [2.75, 3.05) is 30.9 Å². The summed E-state index contributed by atoms with van der Waals surface area (Å²) in [4.78, 5) is 53.4. The van der Waals surface area contributed by atoms with Gasteiger partial charge in [-0.3, -0.25) is 29.4 Å². The molecular weight excluding hydrogens is 702 g/mol. The summed E-state index contributed by atoms with van der Waals surface area (Å²) in [6.07, 6.45) is 5.61. The number of aromatic nitrogens is 1. The number of aliphatic hydroxyl groups excluding tert-OH is 1. The summed E-state index contributed by atoms with van der Waals surface area (Å²) in [5.74, 6) is -4.18. The van der Waals surface area contributed by atoms with Gasteiger partial charge >= 0.3 is 29.8 Å². The van der Waals surface area contributed by atoms with Crippen molar-refractivity contribution >= 4 is 71.1 Å². The molecule has 20 nitrogen and oxygen atoms in total. The zero-order valence-electron chi connectivity index (χ0n) is 27.5. The highest BCUT2D eigenvalue weighted by atomic mass is 32.2. The number of aromatic amines is 1. The van der Waals surface area contributed by atoms with E-state index in [1.54, 1.807) is 11.8 Å². The van der Waals surface area contributed by atoms with Gasteiger partial charge in [0.15, 0.2) is 5.96 Å². The largest absolute Gasteiger partial charge is 0.480 e. The van der Waals surface area contributed by atoms with Gasteiger partial charge in [-0.1, -0.05) is 18.2 Å². The molecule has 0 bridgehead atoms. The number of aliphatic hydroxyl groups is 1. The number of aliphatic carboxylic acids is 5. The number of H-pyrrole nitrogens is 1. The standard InChI is InChI=1S/C11H12N2O2.C6H14N4O2.C5H11NO2S.C3H7NO3.C3H7NO2S/c12-9(11(14)15)5-7-6-13-10-4-2-1-3-8(7)10;7-4(5(11)12)2-1-3-10-6(8)9;1-9-3-2-4(6)5(7)8;4-2(1-5)3(6)7;4-2(1-7)3(5)6/h1-4,6,9,13H,5,12H2,(H,14,15);4H,1-3,7H2,(H,11,12)(H4,8,9,10);4H,2-3,6H2,1H3,(H,7,8);2,5H,1,4H2,(H,6,7);2,7H,1,4H2,(H,5,6)/t9-;2*4-;2*2-/m00000/s1. The second kappa shape index (κ2) is 29.7. The second-order valence-electron chi connectivity index (χ2n) is 9.92. The molecule has 0 spiro atoms. The van der Waals surface area contributed by atoms with Gasteiger partial charge in [-0.15, -0.1) is 0 Å². The van der Waals surface area contributed by atoms with E-state index >= 15 is 0 Å². The molecule has 50 heavy (non-hydrogen) atoms. The number of hydrogen-bond donors (Lipinski definition) is 16. The highest BCUT2D eigenvalue weighted by Crippen LogP contribution is 2.18. The molecule has 0 amide bonds. The number of benzene rings is 1. The van der Waals surface area contributed by atoms with Gasteiger partial charge in [0.05, 0.1) is 6.61 Å². The average molecular weight is 754 g/mol. The lowest BCUT2D eigenvalue weighted by atomic mass is 10.1. The Morgan fingerprint density at radius 1 is 0.820 bits per heavy atom. The first-order chi connectivity index (χ1) is 23.3. The molecule has 1 aromatic carbocycles. The number of para-hydroxylation sites is 1. The van der Waals surface area contributed by atoms with Crippen molar-refractivity contribution in [1.29, 1.82) is 5.41 Å². The predicted molar refractivity (Wildman–Crippen MR) is 193 cm³/mol. The highest BCUT2D eigenvalue weighted by molar-refractivity contribution is 7.98. The molecule has 5 atom stereocenters. The normalized spacial score (nSPS) is 12.9. The molecule has 0 saturated carbocycles. The van der Waals surface area contributed by atoms with E-state index in [4.69, 9.17) is 70.5 Å². The molecule has 0 saturated heterocycles. The molecule has 22 heteroatoms. The first-order valence-corrected chi connectivity index (χ1v) is 16.5. The number of carboxylic acids is 5. The number of hydrogen-bond acceptors (Lipinski definition) is 14. The number of rotatable bonds is 16. The molecule has 1 aromatic heterocycles. The van der Waals surface area contributed by atoms with Gasteiger partial charge in [-0.25, -0.2) is 0 Å². The summed E-state index contributed by atoms with van der Waals surface area (Å²) >= 11 is 5.25. The molecule has 2 aromatic rings. The van der Waals surface area contributed by atoms with Crippen molar-refractivity contribution < 1.29 is 54.6 Å². The van der Waals surface area contributed by atoms with Crippen LogP contribution in [-0.4, -0.2) is 133 Å². The molecule has 0 radical (unpaired) electrons. The van der Waals surface area contributed by atoms with Gasteiger partial charge in [-0.2, -0.15) is 24.4 Å². The number of nitrogens with two attached hydrogens (primary N) is 6. The highest BCUT2D eigenvalue weighted by Gasteiger charge is 2.14. The molecule has 1 heterocycles. The number of guanidine groups is 1. The molecule has 0 aliphatic heterocycles. The number of nitrogens with one attached hydrogen (secondary N) is 3. The van der Waals surface area contributed by atoms with E-state index < -0.39 is 66.7 Å². The lowest BCUT2D eigenvalue weighted by Gasteiger charge is -2.06. The Labute approximate surface area is 298 Å². The Kier molecular flexibility index (Phi) is 29.9. The van der Waals surface area contributed by atoms with Crippen LogP contribution in [0.3, 0.4) is 0 Å². The Hall–Kier alpha value is -4.16. The molecule has 2 rings (SSSR count). The number of carboxylic acid groups (broad SMARTS) is 5. The van der Waals surface area contributed by atoms with E-state index in [9.17, 15) is 24.0 Å². The maximum atomic E-state index is 10.6. The topological polar surface area (TPSA) is 415 Å². The summed E-state index contributed by atoms with van der Waals surface area (Å²) in [5.41, 5.74) is 32.5. The minimum absolute atomic E-state index is 0.112. The van der Waals surface area contributed by atoms with Crippen LogP contribution in [0.1, 0.15) is 24.8 Å². The quantitative estimate of drug-likeness (QED) is 0.0369. The zero-order valence-corrected chi connectivity index (χ0v) is 29.2. The third-order valence-corrected chi connectivity index (χ3v) is 6.77. The fourth-order valence-corrected chi connectivity index (χ4v) is 3.46. The van der Waals surface area contributed by atoms with Crippen LogP contribution < -0.4 is 39.7 Å². The van der Waals surface area contributed by atoms with Crippen molar-refractivity contribution in [2.24, 2.45) is 34.4 Å². The summed E-state index contributed by atoms with van der Waals surface area (Å²) < 4.78 is 0. The third kappa shape index (κ3) is 26.8. The maximum absolute atomic E-state index is 10.6. The van der Waals surface area contributed by atoms with Crippen molar-refractivity contribution in [3.63, 3.8) is 0 Å². The maximum Gasteiger partial charge on any atom is 0.322 e. The second-order valence-corrected chi connectivity index (χ2v) is 11.3. The number of fused-ring (bicyclic) bond motifs is 1. The molecule has 21 N–H and O–H groups in total. The van der Waals surface area contributed by atoms with Crippen LogP contribution in [0.15, 0.2) is 30.5 Å². The number of thiol groups is 1. The number of thioether (sulfide) groups is 1. The average Bonchev–Trinajstić information content (AvgIpc) is 3.47. The third-order valence-electron chi connectivity index (χ3n) is 5.73. The Morgan fingerprint density at radius 3 is 1.68 bits per heavy atom. The lowest BCUT2D eigenvalue weighted by molar-refractivity contribution is -0.140. The van der Waals surface area contributed by atoms with E-state index in [2.05, 4.69) is 22.9 Å². The fraction of sp³-hybridized carbons (Fsp3) is 0.500. The van der Waals surface area contributed by atoms with Crippen molar-refractivity contribution in [1.82, 2.24) is 10.3 Å². The molecule has 286 valence electrons. The van der Waals surface area contributed by atoms with E-state index in [0.717, 1.165) is 22.2 Å². The van der Waals surface area contributed by atoms with Crippen LogP contribution in [-0.2, 0) is 30.4 Å². The summed E-state index contributed by atoms with van der Waals surface area (Å²) in [5, 5.41) is 59.6. The molecule has 0 aliphatic carbocycles. The Bertz CT molecular complexity index is 1280. The smallest absolute Gasteiger partial charge is 0.322 e. The van der Waals surface area contributed by atoms with Crippen LogP contribution in [0, 0.1) is 5.41 Å². The van der Waals surface area contributed by atoms with Crippen LogP contribution in [0.25, 0.3) is 10.9 Å². The molecule has 0 fully saturated rings. The summed E-state index contributed by atoms with van der Waals surface area (Å²) in [7, 11) is 0. The van der Waals surface area contributed by atoms with Crippen LogP contribution in [0.5, 0.6) is 0 Å². The lowest BCUT2D eigenvalue weighted by Crippen LogP contribution is -2.34. The van der Waals surface area contributed by atoms with Crippen LogP contribution >= 0.6 is 24.4 Å². The number of carbonyl (C=O) groups is 5. The fourth-order valence-electron chi connectivity index (χ4n) is 2.82. The van der Waals surface area contributed by atoms with E-state index in [1.807, 2.05) is 36.7 Å². The van der Waals surface area contributed by atoms with Gasteiger partial charge in [0, 0.05) is 35.8 Å². The Morgan fingerprint density at radius 2 is 1.30 bits per heavy atom. The molecule has 0 unspecified atom stereocenters. The monoisotopic (exact) mass is 753 g/mol. The van der Waals surface area contributed by atoms with Crippen molar-refractivity contribution in [3.05, 3.63) is 36.0 Å². The van der Waals surface area contributed by atoms with E-state index in [-0.39, 0.29) is 11.7 Å². The van der Waals surface area contributed by atoms with Gasteiger partial charge in [-0.05, 0) is 42.9 Å². The SMILES string of the molecule is CSCC[C@H](N)C(=O)O.N=C(N)NCCC[C@H](N)C(=O)O.N[C@@H](CO)C(=O)O.N[C@@H](CS)C(=O)O.N[C@@H](Cc1c[nH]c2ccccc12)C(=O)O. The van der Waals surface area contributed by atoms with Gasteiger partial charge in [0.25, 0.3) is 0 Å². The first-order valence-electron chi connectivity index (χ1n) is 14.5. The van der Waals surface area contributed by atoms with Gasteiger partial charge in [0.1, 0.15) is 30.2 Å². The summed E-state index contributed by atoms with van der Waals surface area (Å²) in [6, 6.07) is 3.47. The van der Waals surface area contributed by atoms with Crippen molar-refractivity contribution in [2.45, 2.75) is 55.9 Å². The van der Waals surface area contributed by atoms with Crippen LogP contribution in [0.2, 0.25) is 0 Å². The first kappa shape index (κ1) is 50.2. The summed E-state index contributed by atoms with van der Waals surface area (Å²) in [6.45, 7) is -0.0222. The van der Waals surface area contributed by atoms with Gasteiger partial charge in [0.2, 0.25) is 0 Å². The minimum Gasteiger partial charge on any atom is -0.480 e.